The van der Waals surface area contributed by atoms with E-state index in [1.54, 1.807) is 0 Å². The van der Waals surface area contributed by atoms with E-state index in [1.807, 2.05) is 6.20 Å². The van der Waals surface area contributed by atoms with Crippen LogP contribution in [-0.4, -0.2) is 51.8 Å². The fourth-order valence-corrected chi connectivity index (χ4v) is 5.08. The molecule has 9 heteroatoms. The Bertz CT molecular complexity index is 970. The summed E-state index contributed by atoms with van der Waals surface area (Å²) in [6.45, 7) is 4.69. The van der Waals surface area contributed by atoms with E-state index in [1.165, 1.54) is 19.0 Å². The summed E-state index contributed by atoms with van der Waals surface area (Å²) in [6.07, 6.45) is 1.19. The number of rotatable bonds is 5. The molecule has 6 rings (SSSR count). The van der Waals surface area contributed by atoms with Crippen LogP contribution in [0.4, 0.5) is 19.0 Å². The number of hydrogen-bond acceptors (Lipinski definition) is 5. The van der Waals surface area contributed by atoms with Crippen molar-refractivity contribution in [2.45, 2.75) is 37.5 Å². The first kappa shape index (κ1) is 18.6. The molecule has 2 aromatic rings. The van der Waals surface area contributed by atoms with E-state index in [9.17, 15) is 13.2 Å². The van der Waals surface area contributed by atoms with Crippen molar-refractivity contribution in [2.24, 2.45) is 17.8 Å². The van der Waals surface area contributed by atoms with Gasteiger partial charge >= 0.3 is 6.18 Å². The van der Waals surface area contributed by atoms with Crippen molar-refractivity contribution >= 4 is 5.82 Å². The van der Waals surface area contributed by atoms with E-state index < -0.39 is 17.6 Å². The molecule has 0 amide bonds. The molecule has 2 N–H and O–H groups in total. The molecule has 0 aromatic carbocycles. The summed E-state index contributed by atoms with van der Waals surface area (Å²) in [4.78, 5) is 11.1. The van der Waals surface area contributed by atoms with Crippen molar-refractivity contribution in [3.63, 3.8) is 0 Å². The number of anilines is 1. The lowest BCUT2D eigenvalue weighted by molar-refractivity contribution is -0.137. The third-order valence-corrected chi connectivity index (χ3v) is 7.14. The van der Waals surface area contributed by atoms with Crippen molar-refractivity contribution in [3.8, 4) is 11.3 Å². The fourth-order valence-electron chi connectivity index (χ4n) is 5.08. The Kier molecular flexibility index (Phi) is 3.99. The predicted octanol–water partition coefficient (Wildman–Crippen LogP) is 3.00. The maximum Gasteiger partial charge on any atom is 0.419 e. The average molecular weight is 419 g/mol. The third kappa shape index (κ3) is 3.10. The SMILES string of the molecule is Nc1ncc(-c2cn(CC3CC3)c([C@H]3[C@@H]4CN(C5COC5)C[C@@H]43)n2)cc1C(F)(F)F. The van der Waals surface area contributed by atoms with Gasteiger partial charge < -0.3 is 15.0 Å². The Morgan fingerprint density at radius 2 is 1.90 bits per heavy atom. The first-order chi connectivity index (χ1) is 14.4. The number of nitrogens with zero attached hydrogens (tertiary/aromatic N) is 4. The molecule has 6 nitrogen and oxygen atoms in total. The molecular formula is C21H24F3N5O. The monoisotopic (exact) mass is 419 g/mol. The lowest BCUT2D eigenvalue weighted by atomic mass is 10.1. The standard InChI is InChI=1S/C21H24F3N5O/c22-21(23,24)16-3-12(4-26-19(16)25)17-8-29(5-11-1-2-11)20(27-17)18-14-6-28(7-15(14)18)13-9-30-10-13/h3-4,8,11,13-15,18H,1-2,5-7,9-10H2,(H2,25,26)/t14-,15+,18+. The zero-order valence-electron chi connectivity index (χ0n) is 16.5. The number of ether oxygens (including phenoxy) is 1. The molecule has 3 atom stereocenters. The molecule has 2 aromatic heterocycles. The molecule has 2 saturated heterocycles. The van der Waals surface area contributed by atoms with Crippen LogP contribution in [0.15, 0.2) is 18.5 Å². The quantitative estimate of drug-likeness (QED) is 0.807. The molecule has 160 valence electrons. The van der Waals surface area contributed by atoms with Gasteiger partial charge in [-0.05, 0) is 36.7 Å². The van der Waals surface area contributed by atoms with Gasteiger partial charge in [-0.2, -0.15) is 13.2 Å². The lowest BCUT2D eigenvalue weighted by Gasteiger charge is -2.35. The van der Waals surface area contributed by atoms with E-state index in [0.717, 1.165) is 44.7 Å². The molecule has 30 heavy (non-hydrogen) atoms. The van der Waals surface area contributed by atoms with Crippen LogP contribution in [0.3, 0.4) is 0 Å². The van der Waals surface area contributed by atoms with Gasteiger partial charge in [-0.3, -0.25) is 4.90 Å². The number of hydrogen-bond donors (Lipinski definition) is 1. The Hall–Kier alpha value is -2.13. The minimum atomic E-state index is -4.53. The molecule has 2 aliphatic carbocycles. The normalized spacial score (nSPS) is 29.1. The topological polar surface area (TPSA) is 69.2 Å². The molecule has 4 fully saturated rings. The number of alkyl halides is 3. The number of pyridine rings is 1. The zero-order valence-corrected chi connectivity index (χ0v) is 16.5. The van der Waals surface area contributed by atoms with E-state index in [-0.39, 0.29) is 0 Å². The Morgan fingerprint density at radius 1 is 1.17 bits per heavy atom. The highest BCUT2D eigenvalue weighted by Gasteiger charge is 2.59. The van der Waals surface area contributed by atoms with E-state index in [2.05, 4.69) is 14.5 Å². The van der Waals surface area contributed by atoms with Crippen LogP contribution >= 0.6 is 0 Å². The second-order valence-corrected chi connectivity index (χ2v) is 9.23. The van der Waals surface area contributed by atoms with Crippen molar-refractivity contribution in [1.29, 1.82) is 0 Å². The van der Waals surface area contributed by atoms with Crippen LogP contribution in [-0.2, 0) is 17.5 Å². The van der Waals surface area contributed by atoms with Gasteiger partial charge in [0.15, 0.2) is 0 Å². The summed E-state index contributed by atoms with van der Waals surface area (Å²) in [5.74, 6) is 2.77. The maximum atomic E-state index is 13.3. The van der Waals surface area contributed by atoms with Gasteiger partial charge in [-0.25, -0.2) is 9.97 Å². The highest BCUT2D eigenvalue weighted by atomic mass is 19.4. The molecule has 0 spiro atoms. The number of aromatic nitrogens is 3. The van der Waals surface area contributed by atoms with Crippen molar-refractivity contribution < 1.29 is 17.9 Å². The van der Waals surface area contributed by atoms with Crippen LogP contribution in [0.1, 0.15) is 30.1 Å². The molecule has 2 saturated carbocycles. The van der Waals surface area contributed by atoms with Crippen LogP contribution in [0, 0.1) is 17.8 Å². The average Bonchev–Trinajstić information content (AvgIpc) is 3.48. The smallest absolute Gasteiger partial charge is 0.383 e. The van der Waals surface area contributed by atoms with Gasteiger partial charge in [0.1, 0.15) is 11.6 Å². The van der Waals surface area contributed by atoms with Crippen LogP contribution in [0.25, 0.3) is 11.3 Å². The number of piperidine rings is 1. The molecule has 0 unspecified atom stereocenters. The number of halogens is 3. The third-order valence-electron chi connectivity index (χ3n) is 7.14. The Morgan fingerprint density at radius 3 is 2.50 bits per heavy atom. The first-order valence-corrected chi connectivity index (χ1v) is 10.6. The molecule has 2 aliphatic heterocycles. The molecule has 0 bridgehead atoms. The van der Waals surface area contributed by atoms with E-state index in [4.69, 9.17) is 15.5 Å². The number of imidazole rings is 1. The summed E-state index contributed by atoms with van der Waals surface area (Å²) in [6, 6.07) is 1.63. The number of likely N-dealkylation sites (tertiary alicyclic amines) is 1. The minimum Gasteiger partial charge on any atom is -0.383 e. The largest absolute Gasteiger partial charge is 0.419 e. The second kappa shape index (κ2) is 6.43. The van der Waals surface area contributed by atoms with E-state index >= 15 is 0 Å². The van der Waals surface area contributed by atoms with Crippen molar-refractivity contribution in [1.82, 2.24) is 19.4 Å². The van der Waals surface area contributed by atoms with Gasteiger partial charge in [0.2, 0.25) is 0 Å². The van der Waals surface area contributed by atoms with Gasteiger partial charge in [-0.1, -0.05) is 0 Å². The number of fused-ring (bicyclic) bond motifs is 1. The summed E-state index contributed by atoms with van der Waals surface area (Å²) in [5, 5.41) is 0. The molecule has 4 aliphatic rings. The molecule has 0 radical (unpaired) electrons. The Labute approximate surface area is 172 Å². The maximum absolute atomic E-state index is 13.3. The summed E-state index contributed by atoms with van der Waals surface area (Å²) >= 11 is 0. The Balaban J connectivity index is 1.29. The molecular weight excluding hydrogens is 395 g/mol. The molecule has 4 heterocycles. The number of nitrogen functional groups attached to an aromatic ring is 1. The van der Waals surface area contributed by atoms with Crippen LogP contribution < -0.4 is 5.73 Å². The summed E-state index contributed by atoms with van der Waals surface area (Å²) in [5.41, 5.74) is 5.48. The van der Waals surface area contributed by atoms with Crippen molar-refractivity contribution in [2.75, 3.05) is 32.0 Å². The minimum absolute atomic E-state index is 0.367. The highest BCUT2D eigenvalue weighted by molar-refractivity contribution is 5.62. The van der Waals surface area contributed by atoms with Crippen molar-refractivity contribution in [3.05, 3.63) is 29.8 Å². The predicted molar refractivity (Wildman–Crippen MR) is 103 cm³/mol. The zero-order chi connectivity index (χ0) is 20.6. The van der Waals surface area contributed by atoms with Gasteiger partial charge in [-0.15, -0.1) is 0 Å². The second-order valence-electron chi connectivity index (χ2n) is 9.23. The summed E-state index contributed by atoms with van der Waals surface area (Å²) < 4.78 is 47.4. The number of nitrogens with two attached hydrogens (primary N) is 1. The highest BCUT2D eigenvalue weighted by Crippen LogP contribution is 2.58. The fraction of sp³-hybridized carbons (Fsp3) is 0.619. The summed E-state index contributed by atoms with van der Waals surface area (Å²) in [7, 11) is 0. The first-order valence-electron chi connectivity index (χ1n) is 10.6. The lowest BCUT2D eigenvalue weighted by Crippen LogP contribution is -2.48. The van der Waals surface area contributed by atoms with Gasteiger partial charge in [0.05, 0.1) is 30.5 Å². The van der Waals surface area contributed by atoms with Crippen LogP contribution in [0.5, 0.6) is 0 Å². The van der Waals surface area contributed by atoms with E-state index in [0.29, 0.717) is 41.0 Å². The van der Waals surface area contributed by atoms with Crippen LogP contribution in [0.2, 0.25) is 0 Å². The van der Waals surface area contributed by atoms with Gasteiger partial charge in [0, 0.05) is 43.5 Å². The van der Waals surface area contributed by atoms with Gasteiger partial charge in [0.25, 0.3) is 0 Å².